The van der Waals surface area contributed by atoms with Gasteiger partial charge in [-0.1, -0.05) is 19.9 Å². The summed E-state index contributed by atoms with van der Waals surface area (Å²) in [4.78, 5) is 17.4. The molecule has 0 spiro atoms. The third-order valence-corrected chi connectivity index (χ3v) is 6.62. The standard InChI is InChI=1S/C25H31N3O4.C2H6/c1-15-11-23(32-4)20(18-7-9-27-24(15)18)14-28-10-8-17(31-3)13-22(28)16-5-6-19(25(29)30)21(12-16)26-2;1-2/h5-7,9,11-12,17,22,26-27H,8,10,13-14H2,1-4H3,(H,29,30);1-2H3. The smallest absolute Gasteiger partial charge is 0.337 e. The predicted molar refractivity (Wildman–Crippen MR) is 137 cm³/mol. The normalized spacial score (nSPS) is 18.3. The number of piperidine rings is 1. The molecule has 1 saturated heterocycles. The van der Waals surface area contributed by atoms with Crippen molar-refractivity contribution >= 4 is 22.6 Å². The topological polar surface area (TPSA) is 86.8 Å². The van der Waals surface area contributed by atoms with Gasteiger partial charge in [-0.25, -0.2) is 4.79 Å². The molecule has 1 aliphatic rings. The van der Waals surface area contributed by atoms with E-state index in [0.717, 1.165) is 53.9 Å². The number of carbonyl (C=O) groups is 1. The summed E-state index contributed by atoms with van der Waals surface area (Å²) in [5.41, 5.74) is 5.42. The van der Waals surface area contributed by atoms with Crippen LogP contribution >= 0.6 is 0 Å². The summed E-state index contributed by atoms with van der Waals surface area (Å²) in [7, 11) is 5.23. The lowest BCUT2D eigenvalue weighted by Gasteiger charge is -2.40. The molecule has 7 nitrogen and oxygen atoms in total. The fraction of sp³-hybridized carbons (Fsp3) is 0.444. The largest absolute Gasteiger partial charge is 0.496 e. The zero-order valence-corrected chi connectivity index (χ0v) is 21.1. The van der Waals surface area contributed by atoms with Gasteiger partial charge in [-0.15, -0.1) is 0 Å². The number of carboxylic acids is 1. The van der Waals surface area contributed by atoms with E-state index in [4.69, 9.17) is 9.47 Å². The van der Waals surface area contributed by atoms with Crippen molar-refractivity contribution in [3.8, 4) is 5.75 Å². The van der Waals surface area contributed by atoms with E-state index in [1.165, 1.54) is 5.39 Å². The van der Waals surface area contributed by atoms with Gasteiger partial charge in [0.2, 0.25) is 0 Å². The first-order valence-electron chi connectivity index (χ1n) is 11.9. The highest BCUT2D eigenvalue weighted by Gasteiger charge is 2.31. The molecule has 1 fully saturated rings. The number of nitrogens with one attached hydrogen (secondary N) is 2. The molecule has 184 valence electrons. The van der Waals surface area contributed by atoms with Gasteiger partial charge < -0.3 is 24.9 Å². The molecular formula is C27H37N3O4. The molecule has 0 aliphatic carbocycles. The van der Waals surface area contributed by atoms with Gasteiger partial charge in [0, 0.05) is 61.6 Å². The zero-order valence-electron chi connectivity index (χ0n) is 21.1. The average Bonchev–Trinajstić information content (AvgIpc) is 3.37. The lowest BCUT2D eigenvalue weighted by Crippen LogP contribution is -2.39. The van der Waals surface area contributed by atoms with Crippen molar-refractivity contribution in [1.29, 1.82) is 0 Å². The van der Waals surface area contributed by atoms with Crippen LogP contribution in [0.2, 0.25) is 0 Å². The van der Waals surface area contributed by atoms with Crippen molar-refractivity contribution in [1.82, 2.24) is 9.88 Å². The summed E-state index contributed by atoms with van der Waals surface area (Å²) in [6.45, 7) is 7.69. The molecule has 2 aromatic carbocycles. The number of hydrogen-bond donors (Lipinski definition) is 3. The highest BCUT2D eigenvalue weighted by atomic mass is 16.5. The molecule has 0 amide bonds. The second-order valence-electron chi connectivity index (χ2n) is 8.37. The second-order valence-corrected chi connectivity index (χ2v) is 8.37. The molecular weight excluding hydrogens is 430 g/mol. The number of nitrogens with zero attached hydrogens (tertiary/aromatic N) is 1. The zero-order chi connectivity index (χ0) is 24.8. The van der Waals surface area contributed by atoms with Crippen LogP contribution in [0, 0.1) is 6.92 Å². The van der Waals surface area contributed by atoms with Gasteiger partial charge in [-0.3, -0.25) is 4.90 Å². The number of H-pyrrole nitrogens is 1. The average molecular weight is 468 g/mol. The minimum Gasteiger partial charge on any atom is -0.496 e. The number of carboxylic acid groups (broad SMARTS) is 1. The van der Waals surface area contributed by atoms with Crippen LogP contribution in [-0.4, -0.2) is 54.9 Å². The van der Waals surface area contributed by atoms with Crippen molar-refractivity contribution in [3.63, 3.8) is 0 Å². The maximum atomic E-state index is 11.6. The number of methoxy groups -OCH3 is 2. The van der Waals surface area contributed by atoms with E-state index >= 15 is 0 Å². The number of fused-ring (bicyclic) bond motifs is 1. The summed E-state index contributed by atoms with van der Waals surface area (Å²) in [5.74, 6) is -0.0465. The number of likely N-dealkylation sites (tertiary alicyclic amines) is 1. The number of ether oxygens (including phenoxy) is 2. The number of aromatic nitrogens is 1. The number of rotatable bonds is 7. The number of aromatic amines is 1. The molecule has 4 rings (SSSR count). The Morgan fingerprint density at radius 2 is 2.00 bits per heavy atom. The molecule has 0 bridgehead atoms. The molecule has 2 unspecified atom stereocenters. The van der Waals surface area contributed by atoms with Crippen LogP contribution in [0.15, 0.2) is 36.5 Å². The number of aryl methyl sites for hydroxylation is 1. The van der Waals surface area contributed by atoms with Crippen molar-refractivity contribution in [2.24, 2.45) is 0 Å². The monoisotopic (exact) mass is 467 g/mol. The SMILES string of the molecule is CC.CNc1cc(C2CC(OC)CCN2Cc2c(OC)cc(C)c3[nH]ccc23)ccc1C(=O)O. The molecule has 3 N–H and O–H groups in total. The van der Waals surface area contributed by atoms with E-state index in [-0.39, 0.29) is 17.7 Å². The summed E-state index contributed by atoms with van der Waals surface area (Å²) in [5, 5.41) is 13.7. The van der Waals surface area contributed by atoms with Crippen LogP contribution in [0.25, 0.3) is 10.9 Å². The Hall–Kier alpha value is -3.03. The molecule has 7 heteroatoms. The summed E-state index contributed by atoms with van der Waals surface area (Å²) >= 11 is 0. The van der Waals surface area contributed by atoms with Crippen LogP contribution in [0.5, 0.6) is 5.75 Å². The van der Waals surface area contributed by atoms with Gasteiger partial charge in [0.15, 0.2) is 0 Å². The first-order chi connectivity index (χ1) is 16.5. The fourth-order valence-corrected chi connectivity index (χ4v) is 4.88. The van der Waals surface area contributed by atoms with Crippen molar-refractivity contribution < 1.29 is 19.4 Å². The Morgan fingerprint density at radius 1 is 1.24 bits per heavy atom. The van der Waals surface area contributed by atoms with Crippen LogP contribution in [0.1, 0.15) is 59.8 Å². The Bertz CT molecular complexity index is 1120. The minimum atomic E-state index is -0.935. The lowest BCUT2D eigenvalue weighted by molar-refractivity contribution is 0.00676. The maximum Gasteiger partial charge on any atom is 0.337 e. The molecule has 2 atom stereocenters. The van der Waals surface area contributed by atoms with E-state index in [2.05, 4.69) is 34.3 Å². The van der Waals surface area contributed by atoms with Crippen LogP contribution in [0.4, 0.5) is 5.69 Å². The molecule has 34 heavy (non-hydrogen) atoms. The Kier molecular flexibility index (Phi) is 8.58. The van der Waals surface area contributed by atoms with E-state index in [0.29, 0.717) is 5.69 Å². The first kappa shape index (κ1) is 25.6. The van der Waals surface area contributed by atoms with Crippen molar-refractivity contribution in [2.45, 2.75) is 52.3 Å². The quantitative estimate of drug-likeness (QED) is 0.419. The molecule has 0 saturated carbocycles. The van der Waals surface area contributed by atoms with E-state index in [1.54, 1.807) is 27.3 Å². The number of anilines is 1. The Labute approximate surface area is 202 Å². The fourth-order valence-electron chi connectivity index (χ4n) is 4.88. The van der Waals surface area contributed by atoms with Gasteiger partial charge in [0.1, 0.15) is 5.75 Å². The Morgan fingerprint density at radius 3 is 2.65 bits per heavy atom. The summed E-state index contributed by atoms with van der Waals surface area (Å²) in [6, 6.07) is 9.87. The summed E-state index contributed by atoms with van der Waals surface area (Å²) < 4.78 is 11.5. The van der Waals surface area contributed by atoms with Gasteiger partial charge >= 0.3 is 5.97 Å². The molecule has 0 radical (unpaired) electrons. The maximum absolute atomic E-state index is 11.6. The van der Waals surface area contributed by atoms with Crippen LogP contribution < -0.4 is 10.1 Å². The van der Waals surface area contributed by atoms with Crippen LogP contribution in [-0.2, 0) is 11.3 Å². The molecule has 1 aromatic heterocycles. The van der Waals surface area contributed by atoms with E-state index in [9.17, 15) is 9.90 Å². The number of hydrogen-bond acceptors (Lipinski definition) is 5. The first-order valence-corrected chi connectivity index (χ1v) is 11.9. The summed E-state index contributed by atoms with van der Waals surface area (Å²) in [6.07, 6.45) is 3.93. The van der Waals surface area contributed by atoms with Crippen LogP contribution in [0.3, 0.4) is 0 Å². The number of benzene rings is 2. The second kappa shape index (κ2) is 11.4. The third-order valence-electron chi connectivity index (χ3n) is 6.62. The van der Waals surface area contributed by atoms with Gasteiger partial charge in [0.25, 0.3) is 0 Å². The predicted octanol–water partition coefficient (Wildman–Crippen LogP) is 5.60. The lowest BCUT2D eigenvalue weighted by atomic mass is 9.91. The highest BCUT2D eigenvalue weighted by Crippen LogP contribution is 2.38. The van der Waals surface area contributed by atoms with Crippen molar-refractivity contribution in [3.05, 3.63) is 58.8 Å². The molecule has 2 heterocycles. The highest BCUT2D eigenvalue weighted by molar-refractivity contribution is 5.94. The van der Waals surface area contributed by atoms with Gasteiger partial charge in [-0.2, -0.15) is 0 Å². The molecule has 1 aliphatic heterocycles. The molecule has 3 aromatic rings. The van der Waals surface area contributed by atoms with Gasteiger partial charge in [-0.05, 0) is 55.2 Å². The number of aromatic carboxylic acids is 1. The minimum absolute atomic E-state index is 0.101. The van der Waals surface area contributed by atoms with Crippen molar-refractivity contribution in [2.75, 3.05) is 33.1 Å². The Balaban J connectivity index is 0.00000158. The van der Waals surface area contributed by atoms with E-state index in [1.807, 2.05) is 32.2 Å². The van der Waals surface area contributed by atoms with Gasteiger partial charge in [0.05, 0.1) is 18.8 Å². The third kappa shape index (κ3) is 5.05. The van der Waals surface area contributed by atoms with E-state index < -0.39 is 5.97 Å².